The maximum Gasteiger partial charge on any atom is 0.118 e. The SMILES string of the molecule is CS(=O)CC(=NO)C(CS(C)=O)=NO. The minimum absolute atomic E-state index is 0.0106. The van der Waals surface area contributed by atoms with Crippen LogP contribution >= 0.6 is 0 Å². The summed E-state index contributed by atoms with van der Waals surface area (Å²) in [6, 6.07) is 0. The number of oxime groups is 2. The molecule has 6 nitrogen and oxygen atoms in total. The Hall–Kier alpha value is -0.760. The predicted molar refractivity (Wildman–Crippen MR) is 56.3 cm³/mol. The molecule has 2 N–H and O–H groups in total. The maximum atomic E-state index is 10.8. The van der Waals surface area contributed by atoms with Crippen LogP contribution in [0.15, 0.2) is 10.3 Å². The number of rotatable bonds is 5. The summed E-state index contributed by atoms with van der Waals surface area (Å²) in [5, 5.41) is 22.8. The van der Waals surface area contributed by atoms with E-state index in [-0.39, 0.29) is 22.9 Å². The highest BCUT2D eigenvalue weighted by molar-refractivity contribution is 7.86. The molecule has 0 spiro atoms. The van der Waals surface area contributed by atoms with Gasteiger partial charge in [0.25, 0.3) is 0 Å². The van der Waals surface area contributed by atoms with Crippen LogP contribution in [0.1, 0.15) is 0 Å². The quantitative estimate of drug-likeness (QED) is 0.381. The molecule has 2 atom stereocenters. The van der Waals surface area contributed by atoms with Crippen molar-refractivity contribution in [1.29, 1.82) is 0 Å². The molecule has 0 rings (SSSR count). The lowest BCUT2D eigenvalue weighted by Crippen LogP contribution is -2.26. The predicted octanol–water partition coefficient (Wildman–Crippen LogP) is -0.596. The summed E-state index contributed by atoms with van der Waals surface area (Å²) in [5.41, 5.74) is -0.0212. The molecule has 0 fully saturated rings. The van der Waals surface area contributed by atoms with Crippen molar-refractivity contribution in [2.24, 2.45) is 10.3 Å². The van der Waals surface area contributed by atoms with Crippen molar-refractivity contribution in [3.63, 3.8) is 0 Å². The fourth-order valence-electron chi connectivity index (χ4n) is 0.725. The smallest absolute Gasteiger partial charge is 0.118 e. The molecule has 0 bridgehead atoms. The Morgan fingerprint density at radius 3 is 1.43 bits per heavy atom. The standard InChI is InChI=1S/C6H12N2O4S2/c1-13(11)3-5(7-9)6(8-10)4-14(2)12/h9-10H,3-4H2,1-2H3. The third-order valence-electron chi connectivity index (χ3n) is 1.25. The van der Waals surface area contributed by atoms with Gasteiger partial charge in [-0.05, 0) is 0 Å². The van der Waals surface area contributed by atoms with Gasteiger partial charge in [0.05, 0.1) is 11.5 Å². The number of nitrogens with zero attached hydrogens (tertiary/aromatic N) is 2. The Labute approximate surface area is 86.6 Å². The van der Waals surface area contributed by atoms with E-state index in [0.717, 1.165) is 0 Å². The van der Waals surface area contributed by atoms with Crippen LogP contribution in [0.25, 0.3) is 0 Å². The second-order valence-corrected chi connectivity index (χ2v) is 5.40. The molecule has 0 heterocycles. The Balaban J connectivity index is 4.65. The first-order chi connectivity index (χ1) is 6.51. The maximum absolute atomic E-state index is 10.8. The molecule has 0 aliphatic carbocycles. The van der Waals surface area contributed by atoms with Crippen LogP contribution in [0, 0.1) is 0 Å². The average Bonchev–Trinajstić information content (AvgIpc) is 2.10. The van der Waals surface area contributed by atoms with Crippen molar-refractivity contribution < 1.29 is 18.8 Å². The lowest BCUT2D eigenvalue weighted by molar-refractivity contribution is 0.314. The van der Waals surface area contributed by atoms with E-state index in [0.29, 0.717) is 0 Å². The first-order valence-corrected chi connectivity index (χ1v) is 6.99. The van der Waals surface area contributed by atoms with Crippen LogP contribution in [0.5, 0.6) is 0 Å². The third-order valence-corrected chi connectivity index (χ3v) is 2.61. The van der Waals surface area contributed by atoms with Crippen LogP contribution in [0.3, 0.4) is 0 Å². The van der Waals surface area contributed by atoms with Gasteiger partial charge in [-0.3, -0.25) is 8.42 Å². The van der Waals surface area contributed by atoms with E-state index >= 15 is 0 Å². The van der Waals surface area contributed by atoms with Gasteiger partial charge in [-0.25, -0.2) is 0 Å². The van der Waals surface area contributed by atoms with E-state index in [2.05, 4.69) is 10.3 Å². The summed E-state index contributed by atoms with van der Waals surface area (Å²) in [6.07, 6.45) is 2.84. The highest BCUT2D eigenvalue weighted by Gasteiger charge is 2.14. The number of hydrogen-bond donors (Lipinski definition) is 2. The van der Waals surface area contributed by atoms with Crippen LogP contribution in [-0.4, -0.2) is 54.3 Å². The molecule has 0 saturated heterocycles. The zero-order valence-corrected chi connectivity index (χ0v) is 9.47. The Bertz CT molecular complexity index is 270. The molecule has 8 heteroatoms. The van der Waals surface area contributed by atoms with Gasteiger partial charge >= 0.3 is 0 Å². The van der Waals surface area contributed by atoms with Crippen LogP contribution in [0.2, 0.25) is 0 Å². The summed E-state index contributed by atoms with van der Waals surface area (Å²) < 4.78 is 21.7. The molecule has 82 valence electrons. The summed E-state index contributed by atoms with van der Waals surface area (Å²) in [7, 11) is -2.43. The normalized spacial score (nSPS) is 17.9. The molecule has 0 aliphatic heterocycles. The summed E-state index contributed by atoms with van der Waals surface area (Å²) in [5.74, 6) is -0.0693. The van der Waals surface area contributed by atoms with E-state index < -0.39 is 21.6 Å². The highest BCUT2D eigenvalue weighted by atomic mass is 32.2. The Morgan fingerprint density at radius 2 is 1.29 bits per heavy atom. The molecule has 0 saturated carbocycles. The van der Waals surface area contributed by atoms with Gasteiger partial charge in [-0.2, -0.15) is 0 Å². The monoisotopic (exact) mass is 240 g/mol. The molecular formula is C6H12N2O4S2. The van der Waals surface area contributed by atoms with Gasteiger partial charge in [0.1, 0.15) is 11.4 Å². The lowest BCUT2D eigenvalue weighted by atomic mass is 10.3. The van der Waals surface area contributed by atoms with Crippen molar-refractivity contribution >= 4 is 33.0 Å². The number of hydrogen-bond acceptors (Lipinski definition) is 6. The van der Waals surface area contributed by atoms with Gasteiger partial charge in [0.15, 0.2) is 0 Å². The second kappa shape index (κ2) is 6.66. The van der Waals surface area contributed by atoms with Crippen LogP contribution in [-0.2, 0) is 21.6 Å². The zero-order chi connectivity index (χ0) is 11.1. The minimum Gasteiger partial charge on any atom is -0.411 e. The fourth-order valence-corrected chi connectivity index (χ4v) is 1.94. The molecule has 0 amide bonds. The summed E-state index contributed by atoms with van der Waals surface area (Å²) in [4.78, 5) is 0. The molecule has 0 aromatic heterocycles. The van der Waals surface area contributed by atoms with Crippen LogP contribution < -0.4 is 0 Å². The summed E-state index contributed by atoms with van der Waals surface area (Å²) >= 11 is 0. The minimum atomic E-state index is -1.21. The van der Waals surface area contributed by atoms with Crippen molar-refractivity contribution in [2.45, 2.75) is 0 Å². The molecule has 0 aromatic rings. The first kappa shape index (κ1) is 13.2. The van der Waals surface area contributed by atoms with Gasteiger partial charge < -0.3 is 10.4 Å². The van der Waals surface area contributed by atoms with Gasteiger partial charge in [0, 0.05) is 34.1 Å². The van der Waals surface area contributed by atoms with Crippen molar-refractivity contribution in [1.82, 2.24) is 0 Å². The zero-order valence-electron chi connectivity index (χ0n) is 7.84. The largest absolute Gasteiger partial charge is 0.411 e. The van der Waals surface area contributed by atoms with Gasteiger partial charge in [0.2, 0.25) is 0 Å². The molecule has 0 radical (unpaired) electrons. The van der Waals surface area contributed by atoms with Crippen LogP contribution in [0.4, 0.5) is 0 Å². The Kier molecular flexibility index (Phi) is 6.30. The molecule has 0 aliphatic rings. The van der Waals surface area contributed by atoms with E-state index in [1.807, 2.05) is 0 Å². The van der Waals surface area contributed by atoms with Crippen molar-refractivity contribution in [2.75, 3.05) is 24.0 Å². The molecule has 14 heavy (non-hydrogen) atoms. The lowest BCUT2D eigenvalue weighted by Gasteiger charge is -2.02. The fraction of sp³-hybridized carbons (Fsp3) is 0.667. The molecule has 2 unspecified atom stereocenters. The van der Waals surface area contributed by atoms with E-state index in [4.69, 9.17) is 10.4 Å². The topological polar surface area (TPSA) is 99.3 Å². The van der Waals surface area contributed by atoms with Crippen molar-refractivity contribution in [3.05, 3.63) is 0 Å². The van der Waals surface area contributed by atoms with Gasteiger partial charge in [-0.15, -0.1) is 0 Å². The average molecular weight is 240 g/mol. The van der Waals surface area contributed by atoms with E-state index in [9.17, 15) is 8.42 Å². The third kappa shape index (κ3) is 5.07. The molecular weight excluding hydrogens is 228 g/mol. The van der Waals surface area contributed by atoms with Gasteiger partial charge in [-0.1, -0.05) is 10.3 Å². The Morgan fingerprint density at radius 1 is 1.00 bits per heavy atom. The molecule has 0 aromatic carbocycles. The van der Waals surface area contributed by atoms with Crippen molar-refractivity contribution in [3.8, 4) is 0 Å². The first-order valence-electron chi connectivity index (χ1n) is 3.53. The second-order valence-electron chi connectivity index (χ2n) is 2.53. The highest BCUT2D eigenvalue weighted by Crippen LogP contribution is 1.91. The van der Waals surface area contributed by atoms with E-state index in [1.165, 1.54) is 12.5 Å². The van der Waals surface area contributed by atoms with E-state index in [1.54, 1.807) is 0 Å². The summed E-state index contributed by atoms with van der Waals surface area (Å²) in [6.45, 7) is 0.